The normalized spacial score (nSPS) is 15.4. The lowest BCUT2D eigenvalue weighted by Crippen LogP contribution is -2.13. The monoisotopic (exact) mass is 410 g/mol. The number of nitrogens with one attached hydrogen (secondary N) is 1. The molecule has 1 aliphatic carbocycles. The van der Waals surface area contributed by atoms with Crippen molar-refractivity contribution in [1.29, 1.82) is 0 Å². The molecule has 0 spiro atoms. The standard InChI is InChI=1S/C19H15F5N4O/c20-12-2-1-3-13(21)17(12)26-18(29)11-6-7-16(25-9-11)28-14(10-4-5-10)8-15(27-28)19(22,23)24/h1-3,6-10,18,26,29H,4-5H2. The number of aliphatic hydroxyl groups is 1. The average molecular weight is 410 g/mol. The molecule has 2 N–H and O–H groups in total. The molecule has 1 aromatic carbocycles. The fourth-order valence-electron chi connectivity index (χ4n) is 2.93. The Hall–Kier alpha value is -3.01. The molecule has 1 aliphatic rings. The highest BCUT2D eigenvalue weighted by atomic mass is 19.4. The highest BCUT2D eigenvalue weighted by molar-refractivity contribution is 5.47. The number of rotatable bonds is 5. The maximum Gasteiger partial charge on any atom is 0.435 e. The summed E-state index contributed by atoms with van der Waals surface area (Å²) in [5, 5.41) is 16.1. The van der Waals surface area contributed by atoms with Gasteiger partial charge in [0.2, 0.25) is 0 Å². The Balaban J connectivity index is 1.59. The van der Waals surface area contributed by atoms with E-state index in [1.54, 1.807) is 0 Å². The first-order chi connectivity index (χ1) is 13.7. The zero-order valence-corrected chi connectivity index (χ0v) is 14.8. The molecule has 1 fully saturated rings. The minimum atomic E-state index is -4.57. The zero-order valence-electron chi connectivity index (χ0n) is 14.8. The molecule has 10 heteroatoms. The fourth-order valence-corrected chi connectivity index (χ4v) is 2.93. The minimum Gasteiger partial charge on any atom is -0.369 e. The first kappa shape index (κ1) is 19.3. The molecule has 0 bridgehead atoms. The van der Waals surface area contributed by atoms with Crippen LogP contribution in [-0.4, -0.2) is 19.9 Å². The zero-order chi connectivity index (χ0) is 20.8. The second-order valence-electron chi connectivity index (χ2n) is 6.73. The molecule has 1 unspecified atom stereocenters. The van der Waals surface area contributed by atoms with Gasteiger partial charge in [0.1, 0.15) is 17.3 Å². The number of aliphatic hydroxyl groups excluding tert-OH is 1. The molecule has 152 valence electrons. The van der Waals surface area contributed by atoms with E-state index < -0.39 is 35.4 Å². The van der Waals surface area contributed by atoms with E-state index in [9.17, 15) is 27.1 Å². The lowest BCUT2D eigenvalue weighted by atomic mass is 10.2. The average Bonchev–Trinajstić information content (AvgIpc) is 3.41. The number of para-hydroxylation sites is 1. The Morgan fingerprint density at radius 3 is 2.34 bits per heavy atom. The molecule has 1 saturated carbocycles. The molecule has 3 aromatic rings. The largest absolute Gasteiger partial charge is 0.435 e. The van der Waals surface area contributed by atoms with Crippen LogP contribution >= 0.6 is 0 Å². The molecule has 0 amide bonds. The Bertz CT molecular complexity index is 1010. The third-order valence-electron chi connectivity index (χ3n) is 4.57. The highest BCUT2D eigenvalue weighted by Gasteiger charge is 2.38. The summed E-state index contributed by atoms with van der Waals surface area (Å²) in [6.45, 7) is 0. The molecule has 5 nitrogen and oxygen atoms in total. The van der Waals surface area contributed by atoms with Gasteiger partial charge in [-0.3, -0.25) is 0 Å². The second-order valence-corrected chi connectivity index (χ2v) is 6.73. The van der Waals surface area contributed by atoms with Crippen LogP contribution in [0, 0.1) is 11.6 Å². The Kier molecular flexibility index (Phi) is 4.73. The van der Waals surface area contributed by atoms with Gasteiger partial charge < -0.3 is 10.4 Å². The first-order valence-electron chi connectivity index (χ1n) is 8.76. The van der Waals surface area contributed by atoms with Crippen molar-refractivity contribution in [2.45, 2.75) is 31.2 Å². The van der Waals surface area contributed by atoms with Crippen LogP contribution in [0.5, 0.6) is 0 Å². The quantitative estimate of drug-likeness (QED) is 0.479. The van der Waals surface area contributed by atoms with Gasteiger partial charge in [-0.2, -0.15) is 18.3 Å². The predicted octanol–water partition coefficient (Wildman–Crippen LogP) is 4.54. The van der Waals surface area contributed by atoms with Crippen LogP contribution in [0.4, 0.5) is 27.6 Å². The van der Waals surface area contributed by atoms with Gasteiger partial charge in [0.05, 0.1) is 0 Å². The number of anilines is 1. The lowest BCUT2D eigenvalue weighted by Gasteiger charge is -2.16. The summed E-state index contributed by atoms with van der Waals surface area (Å²) in [6.07, 6.45) is -3.29. The number of hydrogen-bond donors (Lipinski definition) is 2. The van der Waals surface area contributed by atoms with E-state index in [2.05, 4.69) is 15.4 Å². The van der Waals surface area contributed by atoms with Crippen molar-refractivity contribution in [3.63, 3.8) is 0 Å². The molecule has 0 radical (unpaired) electrons. The van der Waals surface area contributed by atoms with Crippen molar-refractivity contribution in [3.8, 4) is 5.82 Å². The van der Waals surface area contributed by atoms with Crippen LogP contribution in [0.3, 0.4) is 0 Å². The van der Waals surface area contributed by atoms with E-state index in [1.165, 1.54) is 24.4 Å². The summed E-state index contributed by atoms with van der Waals surface area (Å²) in [7, 11) is 0. The van der Waals surface area contributed by atoms with Crippen LogP contribution in [0.15, 0.2) is 42.6 Å². The van der Waals surface area contributed by atoms with Gasteiger partial charge in [0, 0.05) is 23.4 Å². The van der Waals surface area contributed by atoms with E-state index in [1.807, 2.05) is 0 Å². The van der Waals surface area contributed by atoms with E-state index in [0.717, 1.165) is 35.7 Å². The maximum atomic E-state index is 13.7. The fraction of sp³-hybridized carbons (Fsp3) is 0.263. The number of hydrogen-bond acceptors (Lipinski definition) is 4. The molecule has 1 atom stereocenters. The van der Waals surface area contributed by atoms with Crippen LogP contribution < -0.4 is 5.32 Å². The van der Waals surface area contributed by atoms with Gasteiger partial charge in [-0.25, -0.2) is 18.4 Å². The van der Waals surface area contributed by atoms with Crippen molar-refractivity contribution in [3.05, 3.63) is 71.2 Å². The first-order valence-corrected chi connectivity index (χ1v) is 8.76. The van der Waals surface area contributed by atoms with Crippen molar-refractivity contribution in [1.82, 2.24) is 14.8 Å². The van der Waals surface area contributed by atoms with E-state index in [-0.39, 0.29) is 17.3 Å². The van der Waals surface area contributed by atoms with Gasteiger partial charge in [0.25, 0.3) is 0 Å². The summed E-state index contributed by atoms with van der Waals surface area (Å²) >= 11 is 0. The predicted molar refractivity (Wildman–Crippen MR) is 93.3 cm³/mol. The number of nitrogens with zero attached hydrogens (tertiary/aromatic N) is 3. The third kappa shape index (κ3) is 3.93. The molecule has 4 rings (SSSR count). The molecule has 0 aliphatic heterocycles. The summed E-state index contributed by atoms with van der Waals surface area (Å²) < 4.78 is 67.6. The van der Waals surface area contributed by atoms with Gasteiger partial charge in [-0.15, -0.1) is 0 Å². The third-order valence-corrected chi connectivity index (χ3v) is 4.57. The highest BCUT2D eigenvalue weighted by Crippen LogP contribution is 2.42. The number of halogens is 5. The molecule has 0 saturated heterocycles. The van der Waals surface area contributed by atoms with E-state index >= 15 is 0 Å². The van der Waals surface area contributed by atoms with Gasteiger partial charge in [-0.1, -0.05) is 6.07 Å². The van der Waals surface area contributed by atoms with Gasteiger partial charge >= 0.3 is 6.18 Å². The van der Waals surface area contributed by atoms with E-state index in [0.29, 0.717) is 5.69 Å². The van der Waals surface area contributed by atoms with Crippen molar-refractivity contribution in [2.24, 2.45) is 0 Å². The van der Waals surface area contributed by atoms with Crippen LogP contribution in [-0.2, 0) is 6.18 Å². The number of alkyl halides is 3. The summed E-state index contributed by atoms with van der Waals surface area (Å²) in [5.74, 6) is -1.61. The molecular formula is C19H15F5N4O. The molecule has 29 heavy (non-hydrogen) atoms. The Morgan fingerprint density at radius 1 is 1.10 bits per heavy atom. The SMILES string of the molecule is OC(Nc1c(F)cccc1F)c1ccc(-n2nc(C(F)(F)F)cc2C2CC2)nc1. The lowest BCUT2D eigenvalue weighted by molar-refractivity contribution is -0.141. The topological polar surface area (TPSA) is 63.0 Å². The number of pyridine rings is 1. The van der Waals surface area contributed by atoms with Crippen molar-refractivity contribution >= 4 is 5.69 Å². The molecule has 2 aromatic heterocycles. The van der Waals surface area contributed by atoms with Crippen LogP contribution in [0.1, 0.15) is 41.9 Å². The summed E-state index contributed by atoms with van der Waals surface area (Å²) in [5.41, 5.74) is -0.902. The summed E-state index contributed by atoms with van der Waals surface area (Å²) in [4.78, 5) is 4.07. The van der Waals surface area contributed by atoms with Crippen molar-refractivity contribution in [2.75, 3.05) is 5.32 Å². The Morgan fingerprint density at radius 2 is 1.79 bits per heavy atom. The smallest absolute Gasteiger partial charge is 0.369 e. The molecule has 2 heterocycles. The van der Waals surface area contributed by atoms with E-state index in [4.69, 9.17) is 0 Å². The maximum absolute atomic E-state index is 13.7. The van der Waals surface area contributed by atoms with Crippen LogP contribution in [0.25, 0.3) is 5.82 Å². The van der Waals surface area contributed by atoms with Crippen LogP contribution in [0.2, 0.25) is 0 Å². The Labute approximate surface area is 161 Å². The number of aromatic nitrogens is 3. The van der Waals surface area contributed by atoms with Crippen molar-refractivity contribution < 1.29 is 27.1 Å². The van der Waals surface area contributed by atoms with Gasteiger partial charge in [-0.05, 0) is 43.2 Å². The number of benzene rings is 1. The van der Waals surface area contributed by atoms with Gasteiger partial charge in [0.15, 0.2) is 17.7 Å². The molecular weight excluding hydrogens is 395 g/mol. The summed E-state index contributed by atoms with van der Waals surface area (Å²) in [6, 6.07) is 7.06. The minimum absolute atomic E-state index is 0.00337. The second kappa shape index (κ2) is 7.11.